The van der Waals surface area contributed by atoms with Crippen LogP contribution in [0, 0.1) is 0 Å². The van der Waals surface area contributed by atoms with Crippen LogP contribution >= 0.6 is 11.8 Å². The first-order valence-corrected chi connectivity index (χ1v) is 6.53. The lowest BCUT2D eigenvalue weighted by molar-refractivity contribution is 0.414. The monoisotopic (exact) mass is 247 g/mol. The summed E-state index contributed by atoms with van der Waals surface area (Å²) in [5.41, 5.74) is 9.39. The molecule has 0 spiro atoms. The van der Waals surface area contributed by atoms with Crippen molar-refractivity contribution in [3.63, 3.8) is 0 Å². The smallest absolute Gasteiger partial charge is 0.131 e. The fraction of sp³-hybridized carbons (Fsp3) is 0.250. The number of nitrogens with zero attached hydrogens (tertiary/aromatic N) is 2. The second kappa shape index (κ2) is 4.00. The fourth-order valence-electron chi connectivity index (χ4n) is 1.95. The largest absolute Gasteiger partial charge is 0.497 e. The number of benzene rings is 1. The second-order valence-electron chi connectivity index (χ2n) is 3.91. The predicted octanol–water partition coefficient (Wildman–Crippen LogP) is 2.21. The van der Waals surface area contributed by atoms with Crippen LogP contribution in [-0.2, 0) is 11.5 Å². The van der Waals surface area contributed by atoms with Gasteiger partial charge in [0, 0.05) is 17.1 Å². The molecule has 4 nitrogen and oxygen atoms in total. The Morgan fingerprint density at radius 2 is 2.06 bits per heavy atom. The van der Waals surface area contributed by atoms with Crippen LogP contribution in [0.15, 0.2) is 24.3 Å². The zero-order valence-corrected chi connectivity index (χ0v) is 10.3. The summed E-state index contributed by atoms with van der Waals surface area (Å²) in [4.78, 5) is 0. The zero-order valence-electron chi connectivity index (χ0n) is 9.51. The molecule has 3 rings (SSSR count). The molecule has 0 bridgehead atoms. The third kappa shape index (κ3) is 1.67. The van der Waals surface area contributed by atoms with Crippen molar-refractivity contribution >= 4 is 17.6 Å². The van der Waals surface area contributed by atoms with E-state index in [4.69, 9.17) is 10.5 Å². The van der Waals surface area contributed by atoms with Crippen LogP contribution in [0.3, 0.4) is 0 Å². The Bertz CT molecular complexity index is 548. The van der Waals surface area contributed by atoms with Crippen molar-refractivity contribution in [1.29, 1.82) is 0 Å². The standard InChI is InChI=1S/C12H13N3OS/c1-16-9-4-2-8(3-5-9)15-12(13)10-6-17-7-11(10)14-15/h2-5H,6-7,13H2,1H3. The topological polar surface area (TPSA) is 53.1 Å². The number of aromatic nitrogens is 2. The van der Waals surface area contributed by atoms with E-state index in [2.05, 4.69) is 5.10 Å². The molecular weight excluding hydrogens is 234 g/mol. The van der Waals surface area contributed by atoms with Crippen LogP contribution in [0.1, 0.15) is 11.3 Å². The van der Waals surface area contributed by atoms with E-state index in [1.807, 2.05) is 40.7 Å². The van der Waals surface area contributed by atoms with Crippen molar-refractivity contribution in [2.45, 2.75) is 11.5 Å². The summed E-state index contributed by atoms with van der Waals surface area (Å²) in [7, 11) is 1.66. The number of nitrogen functional groups attached to an aromatic ring is 1. The number of nitrogens with two attached hydrogens (primary N) is 1. The first kappa shape index (κ1) is 10.5. The Kier molecular flexibility index (Phi) is 2.48. The highest BCUT2D eigenvalue weighted by atomic mass is 32.2. The third-order valence-electron chi connectivity index (χ3n) is 2.91. The average molecular weight is 247 g/mol. The summed E-state index contributed by atoms with van der Waals surface area (Å²) in [5, 5.41) is 4.55. The van der Waals surface area contributed by atoms with Gasteiger partial charge in [-0.1, -0.05) is 0 Å². The van der Waals surface area contributed by atoms with E-state index in [0.29, 0.717) is 0 Å². The first-order chi connectivity index (χ1) is 8.29. The summed E-state index contributed by atoms with van der Waals surface area (Å²) >= 11 is 1.86. The van der Waals surface area contributed by atoms with E-state index in [1.165, 1.54) is 5.56 Å². The SMILES string of the molecule is COc1ccc(-n2nc3c(c2N)CSC3)cc1. The molecule has 2 aromatic rings. The van der Waals surface area contributed by atoms with Crippen molar-refractivity contribution in [1.82, 2.24) is 9.78 Å². The molecule has 1 aromatic heterocycles. The lowest BCUT2D eigenvalue weighted by atomic mass is 10.2. The lowest BCUT2D eigenvalue weighted by Gasteiger charge is -2.06. The quantitative estimate of drug-likeness (QED) is 0.884. The molecule has 0 unspecified atom stereocenters. The summed E-state index contributed by atoms with van der Waals surface area (Å²) in [5.74, 6) is 3.53. The number of rotatable bonds is 2. The van der Waals surface area contributed by atoms with Gasteiger partial charge in [0.25, 0.3) is 0 Å². The maximum Gasteiger partial charge on any atom is 0.131 e. The molecule has 0 saturated heterocycles. The minimum Gasteiger partial charge on any atom is -0.497 e. The van der Waals surface area contributed by atoms with Crippen molar-refractivity contribution < 1.29 is 4.74 Å². The van der Waals surface area contributed by atoms with Gasteiger partial charge >= 0.3 is 0 Å². The average Bonchev–Trinajstić information content (AvgIpc) is 2.93. The summed E-state index contributed by atoms with van der Waals surface area (Å²) < 4.78 is 6.94. The first-order valence-electron chi connectivity index (χ1n) is 5.38. The molecule has 1 aromatic carbocycles. The normalized spacial score (nSPS) is 13.7. The number of fused-ring (bicyclic) bond motifs is 1. The molecule has 0 aliphatic carbocycles. The summed E-state index contributed by atoms with van der Waals surface area (Å²) in [6.45, 7) is 0. The number of ether oxygens (including phenoxy) is 1. The van der Waals surface area contributed by atoms with Crippen LogP contribution in [0.5, 0.6) is 5.75 Å². The van der Waals surface area contributed by atoms with Crippen LogP contribution in [0.2, 0.25) is 0 Å². The van der Waals surface area contributed by atoms with Gasteiger partial charge < -0.3 is 10.5 Å². The number of thioether (sulfide) groups is 1. The van der Waals surface area contributed by atoms with E-state index in [9.17, 15) is 0 Å². The molecule has 2 N–H and O–H groups in total. The predicted molar refractivity (Wildman–Crippen MR) is 69.5 cm³/mol. The highest BCUT2D eigenvalue weighted by Gasteiger charge is 2.21. The Morgan fingerprint density at radius 1 is 1.29 bits per heavy atom. The molecule has 2 heterocycles. The fourth-order valence-corrected chi connectivity index (χ4v) is 3.00. The molecular formula is C12H13N3OS. The van der Waals surface area contributed by atoms with Gasteiger partial charge in [0.1, 0.15) is 11.6 Å². The molecule has 0 saturated carbocycles. The number of anilines is 1. The molecule has 0 atom stereocenters. The van der Waals surface area contributed by atoms with Crippen LogP contribution < -0.4 is 10.5 Å². The molecule has 17 heavy (non-hydrogen) atoms. The van der Waals surface area contributed by atoms with Gasteiger partial charge in [-0.2, -0.15) is 16.9 Å². The maximum absolute atomic E-state index is 6.11. The summed E-state index contributed by atoms with van der Waals surface area (Å²) in [6.07, 6.45) is 0. The van der Waals surface area contributed by atoms with E-state index in [1.54, 1.807) is 7.11 Å². The van der Waals surface area contributed by atoms with Crippen LogP contribution in [0.4, 0.5) is 5.82 Å². The van der Waals surface area contributed by atoms with Gasteiger partial charge in [0.05, 0.1) is 18.5 Å². The van der Waals surface area contributed by atoms with Gasteiger partial charge in [-0.15, -0.1) is 0 Å². The molecule has 0 radical (unpaired) electrons. The molecule has 88 valence electrons. The Labute approximate surface area is 104 Å². The minimum atomic E-state index is 0.759. The number of hydrogen-bond donors (Lipinski definition) is 1. The maximum atomic E-state index is 6.11. The minimum absolute atomic E-state index is 0.759. The van der Waals surface area contributed by atoms with E-state index in [0.717, 1.165) is 34.5 Å². The van der Waals surface area contributed by atoms with Gasteiger partial charge in [-0.05, 0) is 24.3 Å². The van der Waals surface area contributed by atoms with Gasteiger partial charge in [0.15, 0.2) is 0 Å². The molecule has 0 fully saturated rings. The highest BCUT2D eigenvalue weighted by Crippen LogP contribution is 2.34. The Morgan fingerprint density at radius 3 is 2.71 bits per heavy atom. The molecule has 1 aliphatic heterocycles. The Balaban J connectivity index is 2.03. The van der Waals surface area contributed by atoms with Gasteiger partial charge in [-0.3, -0.25) is 0 Å². The van der Waals surface area contributed by atoms with Gasteiger partial charge in [0.2, 0.25) is 0 Å². The third-order valence-corrected chi connectivity index (χ3v) is 3.88. The van der Waals surface area contributed by atoms with E-state index < -0.39 is 0 Å². The molecule has 0 amide bonds. The van der Waals surface area contributed by atoms with Crippen molar-refractivity contribution in [3.8, 4) is 11.4 Å². The van der Waals surface area contributed by atoms with Crippen LogP contribution in [0.25, 0.3) is 5.69 Å². The number of methoxy groups -OCH3 is 1. The van der Waals surface area contributed by atoms with Crippen molar-refractivity contribution in [3.05, 3.63) is 35.5 Å². The molecule has 5 heteroatoms. The second-order valence-corrected chi connectivity index (χ2v) is 4.90. The Hall–Kier alpha value is -1.62. The molecule has 1 aliphatic rings. The van der Waals surface area contributed by atoms with E-state index >= 15 is 0 Å². The zero-order chi connectivity index (χ0) is 11.8. The summed E-state index contributed by atoms with van der Waals surface area (Å²) in [6, 6.07) is 7.75. The number of hydrogen-bond acceptors (Lipinski definition) is 4. The van der Waals surface area contributed by atoms with Crippen LogP contribution in [-0.4, -0.2) is 16.9 Å². The highest BCUT2D eigenvalue weighted by molar-refractivity contribution is 7.98. The lowest BCUT2D eigenvalue weighted by Crippen LogP contribution is -2.03. The van der Waals surface area contributed by atoms with Crippen molar-refractivity contribution in [2.24, 2.45) is 0 Å². The van der Waals surface area contributed by atoms with Crippen molar-refractivity contribution in [2.75, 3.05) is 12.8 Å². The van der Waals surface area contributed by atoms with Gasteiger partial charge in [-0.25, -0.2) is 4.68 Å². The van der Waals surface area contributed by atoms with E-state index in [-0.39, 0.29) is 0 Å².